The van der Waals surface area contributed by atoms with Gasteiger partial charge in [0.1, 0.15) is 5.82 Å². The van der Waals surface area contributed by atoms with Crippen LogP contribution >= 0.6 is 0 Å². The van der Waals surface area contributed by atoms with Gasteiger partial charge in [0, 0.05) is 33.8 Å². The van der Waals surface area contributed by atoms with E-state index in [9.17, 15) is 0 Å². The molecule has 1 aromatic heterocycles. The minimum atomic E-state index is 1.10. The van der Waals surface area contributed by atoms with Gasteiger partial charge in [-0.25, -0.2) is 0 Å². The number of aromatic nitrogens is 1. The van der Waals surface area contributed by atoms with E-state index in [2.05, 4.69) is 174 Å². The van der Waals surface area contributed by atoms with Gasteiger partial charge in [-0.2, -0.15) is 0 Å². The molecule has 0 saturated carbocycles. The third-order valence-electron chi connectivity index (χ3n) is 9.82. The Labute approximate surface area is 265 Å². The largest absolute Gasteiger partial charge is 0.296 e. The molecule has 10 rings (SSSR count). The normalized spacial score (nSPS) is 13.4. The van der Waals surface area contributed by atoms with Crippen LogP contribution in [0.4, 0.5) is 0 Å². The van der Waals surface area contributed by atoms with Crippen molar-refractivity contribution < 1.29 is 0 Å². The Hall–Kier alpha value is -6.06. The highest BCUT2D eigenvalue weighted by atomic mass is 15.5. The third-order valence-corrected chi connectivity index (χ3v) is 9.82. The summed E-state index contributed by atoms with van der Waals surface area (Å²) in [5.41, 5.74) is 8.50. The average molecular weight is 588 g/mol. The molecule has 1 aliphatic rings. The van der Waals surface area contributed by atoms with Crippen LogP contribution in [0.25, 0.3) is 76.4 Å². The van der Waals surface area contributed by atoms with Crippen molar-refractivity contribution in [2.75, 3.05) is 7.05 Å². The fourth-order valence-electron chi connectivity index (χ4n) is 7.79. The number of nitrogens with one attached hydrogen (secondary N) is 1. The molecule has 2 heterocycles. The van der Waals surface area contributed by atoms with Crippen molar-refractivity contribution in [3.63, 3.8) is 0 Å². The standard InChI is InChI=1S/C43H29N3/c1-45-43(46-40-21-11-10-18-35(40)39-24-27-12-2-3-13-28(27)26-41(39)46)37-20-9-8-19-36(37)42(44-45)29-22-23-34-32-16-5-4-14-30(32)31-15-6-7-17-33(31)38(34)25-29/h2-26,44H,1H3. The molecular formula is C43H29N3. The molecule has 0 unspecified atom stereocenters. The van der Waals surface area contributed by atoms with Crippen LogP contribution < -0.4 is 15.9 Å². The molecule has 0 atom stereocenters. The van der Waals surface area contributed by atoms with E-state index in [0.29, 0.717) is 0 Å². The van der Waals surface area contributed by atoms with Crippen molar-refractivity contribution in [1.29, 1.82) is 0 Å². The summed E-state index contributed by atoms with van der Waals surface area (Å²) in [7, 11) is 2.14. The highest BCUT2D eigenvalue weighted by Gasteiger charge is 2.23. The van der Waals surface area contributed by atoms with Gasteiger partial charge in [-0.3, -0.25) is 15.0 Å². The summed E-state index contributed by atoms with van der Waals surface area (Å²) in [5.74, 6) is 1.11. The topological polar surface area (TPSA) is 20.2 Å². The van der Waals surface area contributed by atoms with Crippen LogP contribution in [0.1, 0.15) is 5.56 Å². The third kappa shape index (κ3) is 3.48. The molecule has 0 bridgehead atoms. The van der Waals surface area contributed by atoms with Crippen molar-refractivity contribution in [3.05, 3.63) is 168 Å². The van der Waals surface area contributed by atoms with Gasteiger partial charge in [-0.1, -0.05) is 127 Å². The average Bonchev–Trinajstić information content (AvgIpc) is 3.43. The Kier molecular flexibility index (Phi) is 5.20. The molecule has 3 heteroatoms. The zero-order valence-corrected chi connectivity index (χ0v) is 25.3. The Morgan fingerprint density at radius 1 is 0.413 bits per heavy atom. The molecule has 0 saturated heterocycles. The van der Waals surface area contributed by atoms with Crippen LogP contribution in [0.3, 0.4) is 0 Å². The number of para-hydroxylation sites is 1. The second kappa shape index (κ2) is 9.47. The Balaban J connectivity index is 1.31. The molecule has 0 spiro atoms. The Morgan fingerprint density at radius 2 is 0.957 bits per heavy atom. The number of hydrogen-bond donors (Lipinski definition) is 1. The minimum Gasteiger partial charge on any atom is -0.296 e. The number of rotatable bonds is 2. The van der Waals surface area contributed by atoms with E-state index in [0.717, 1.165) is 11.5 Å². The van der Waals surface area contributed by atoms with Crippen LogP contribution in [0.5, 0.6) is 0 Å². The van der Waals surface area contributed by atoms with Crippen molar-refractivity contribution in [3.8, 4) is 0 Å². The lowest BCUT2D eigenvalue weighted by molar-refractivity contribution is 0.394. The first-order valence-electron chi connectivity index (χ1n) is 15.8. The lowest BCUT2D eigenvalue weighted by Crippen LogP contribution is -2.49. The molecule has 0 aliphatic carbocycles. The monoisotopic (exact) mass is 587 g/mol. The summed E-state index contributed by atoms with van der Waals surface area (Å²) in [5, 5.41) is 17.3. The van der Waals surface area contributed by atoms with E-state index in [1.165, 1.54) is 80.9 Å². The summed E-state index contributed by atoms with van der Waals surface area (Å²) in [6.45, 7) is 0. The summed E-state index contributed by atoms with van der Waals surface area (Å²) in [6, 6.07) is 55.4. The summed E-state index contributed by atoms with van der Waals surface area (Å²) in [4.78, 5) is 0. The summed E-state index contributed by atoms with van der Waals surface area (Å²) in [6.07, 6.45) is 0. The molecule has 0 fully saturated rings. The number of fused-ring (bicyclic) bond motifs is 11. The Bertz CT molecular complexity index is 2820. The van der Waals surface area contributed by atoms with Crippen LogP contribution in [0.2, 0.25) is 0 Å². The van der Waals surface area contributed by atoms with Gasteiger partial charge in [0.15, 0.2) is 0 Å². The second-order valence-corrected chi connectivity index (χ2v) is 12.3. The van der Waals surface area contributed by atoms with Crippen LogP contribution in [-0.4, -0.2) is 16.6 Å². The molecule has 46 heavy (non-hydrogen) atoms. The maximum absolute atomic E-state index is 3.84. The van der Waals surface area contributed by atoms with Crippen LogP contribution in [0.15, 0.2) is 152 Å². The van der Waals surface area contributed by atoms with E-state index in [-0.39, 0.29) is 0 Å². The number of hydrazine groups is 1. The predicted molar refractivity (Wildman–Crippen MR) is 194 cm³/mol. The SMILES string of the molecule is CN1NC(c2ccc3c4ccccc4c4ccccc4c3c2)=c2ccccc2=C1n1c2ccccc2c2cc3ccccc3cc21. The van der Waals surface area contributed by atoms with Gasteiger partial charge in [-0.15, -0.1) is 0 Å². The first-order valence-corrected chi connectivity index (χ1v) is 15.8. The van der Waals surface area contributed by atoms with E-state index in [4.69, 9.17) is 0 Å². The molecule has 1 N–H and O–H groups in total. The molecule has 0 amide bonds. The number of hydrogen-bond acceptors (Lipinski definition) is 2. The minimum absolute atomic E-state index is 1.10. The van der Waals surface area contributed by atoms with Crippen LogP contribution in [0, 0.1) is 0 Å². The zero-order valence-electron chi connectivity index (χ0n) is 25.3. The lowest BCUT2D eigenvalue weighted by atomic mass is 9.92. The second-order valence-electron chi connectivity index (χ2n) is 12.3. The van der Waals surface area contributed by atoms with Crippen molar-refractivity contribution >= 4 is 76.4 Å². The molecular weight excluding hydrogens is 558 g/mol. The lowest BCUT2D eigenvalue weighted by Gasteiger charge is -2.31. The highest BCUT2D eigenvalue weighted by molar-refractivity contribution is 6.25. The van der Waals surface area contributed by atoms with Gasteiger partial charge in [-0.05, 0) is 67.4 Å². The first-order chi connectivity index (χ1) is 22.7. The molecule has 0 radical (unpaired) electrons. The smallest absolute Gasteiger partial charge is 0.140 e. The fourth-order valence-corrected chi connectivity index (χ4v) is 7.79. The molecule has 9 aromatic rings. The maximum Gasteiger partial charge on any atom is 0.140 e. The van der Waals surface area contributed by atoms with Gasteiger partial charge >= 0.3 is 0 Å². The quantitative estimate of drug-likeness (QED) is 0.204. The molecule has 216 valence electrons. The van der Waals surface area contributed by atoms with Gasteiger partial charge in [0.05, 0.1) is 16.7 Å². The number of nitrogens with zero attached hydrogens (tertiary/aromatic N) is 2. The summed E-state index contributed by atoms with van der Waals surface area (Å²) < 4.78 is 2.43. The van der Waals surface area contributed by atoms with Gasteiger partial charge in [0.25, 0.3) is 0 Å². The molecule has 1 aliphatic heterocycles. The summed E-state index contributed by atoms with van der Waals surface area (Å²) >= 11 is 0. The van der Waals surface area contributed by atoms with E-state index < -0.39 is 0 Å². The van der Waals surface area contributed by atoms with E-state index in [1.807, 2.05) is 0 Å². The predicted octanol–water partition coefficient (Wildman–Crippen LogP) is 8.63. The van der Waals surface area contributed by atoms with Gasteiger partial charge < -0.3 is 0 Å². The van der Waals surface area contributed by atoms with E-state index in [1.54, 1.807) is 0 Å². The zero-order chi connectivity index (χ0) is 30.4. The van der Waals surface area contributed by atoms with Crippen molar-refractivity contribution in [1.82, 2.24) is 15.0 Å². The van der Waals surface area contributed by atoms with Crippen molar-refractivity contribution in [2.45, 2.75) is 0 Å². The van der Waals surface area contributed by atoms with Gasteiger partial charge in [0.2, 0.25) is 0 Å². The van der Waals surface area contributed by atoms with Crippen molar-refractivity contribution in [2.24, 2.45) is 0 Å². The molecule has 8 aromatic carbocycles. The molecule has 3 nitrogen and oxygen atoms in total. The first kappa shape index (κ1) is 25.3. The Morgan fingerprint density at radius 3 is 1.67 bits per heavy atom. The highest BCUT2D eigenvalue weighted by Crippen LogP contribution is 2.37. The fraction of sp³-hybridized carbons (Fsp3) is 0.0233. The van der Waals surface area contributed by atoms with E-state index >= 15 is 0 Å². The maximum atomic E-state index is 3.84. The number of benzene rings is 8. The van der Waals surface area contributed by atoms with Crippen LogP contribution in [-0.2, 0) is 0 Å².